The highest BCUT2D eigenvalue weighted by atomic mass is 16.4. The molecule has 0 aromatic carbocycles. The van der Waals surface area contributed by atoms with E-state index in [0.717, 1.165) is 0 Å². The van der Waals surface area contributed by atoms with Gasteiger partial charge in [0, 0.05) is 19.6 Å². The molecule has 1 aromatic rings. The van der Waals surface area contributed by atoms with E-state index in [2.05, 4.69) is 15.6 Å². The maximum atomic E-state index is 11.7. The lowest BCUT2D eigenvalue weighted by Crippen LogP contribution is -2.43. The van der Waals surface area contributed by atoms with E-state index in [-0.39, 0.29) is 30.7 Å². The topological polar surface area (TPSA) is 124 Å². The van der Waals surface area contributed by atoms with E-state index in [0.29, 0.717) is 6.54 Å². The first-order chi connectivity index (χ1) is 9.45. The summed E-state index contributed by atoms with van der Waals surface area (Å²) in [6.07, 6.45) is 1.55. The van der Waals surface area contributed by atoms with Crippen LogP contribution in [0.3, 0.4) is 0 Å². The Morgan fingerprint density at radius 2 is 2.35 bits per heavy atom. The first kappa shape index (κ1) is 15.4. The Hall–Kier alpha value is -2.63. The molecule has 0 aliphatic rings. The lowest BCUT2D eigenvalue weighted by Gasteiger charge is -2.23. The molecule has 0 aliphatic heterocycles. The van der Waals surface area contributed by atoms with Crippen molar-refractivity contribution < 1.29 is 14.7 Å². The van der Waals surface area contributed by atoms with Crippen molar-refractivity contribution in [2.24, 2.45) is 0 Å². The zero-order chi connectivity index (χ0) is 15.1. The van der Waals surface area contributed by atoms with Crippen LogP contribution < -0.4 is 5.32 Å². The van der Waals surface area contributed by atoms with Crippen LogP contribution in [0.15, 0.2) is 6.20 Å². The van der Waals surface area contributed by atoms with Crippen LogP contribution in [0.25, 0.3) is 0 Å². The standard InChI is InChI=1S/C11H16N6O3/c1-8(3-4-12)16(2)11(20)13-5-6-17-7-9(10(18)19)14-15-17/h7-8H,3,5-6H2,1-2H3,(H,13,20)(H,18,19). The molecule has 1 unspecified atom stereocenters. The molecule has 0 saturated carbocycles. The minimum atomic E-state index is -1.15. The van der Waals surface area contributed by atoms with Gasteiger partial charge in [0.1, 0.15) is 0 Å². The molecule has 108 valence electrons. The SMILES string of the molecule is CC(CC#N)N(C)C(=O)NCCn1cc(C(=O)O)nn1. The summed E-state index contributed by atoms with van der Waals surface area (Å²) < 4.78 is 1.34. The third-order valence-electron chi connectivity index (χ3n) is 2.74. The second kappa shape index (κ2) is 7.08. The lowest BCUT2D eigenvalue weighted by atomic mass is 10.2. The van der Waals surface area contributed by atoms with Crippen molar-refractivity contribution >= 4 is 12.0 Å². The number of amides is 2. The van der Waals surface area contributed by atoms with Crippen molar-refractivity contribution in [2.45, 2.75) is 25.9 Å². The van der Waals surface area contributed by atoms with Gasteiger partial charge in [0.2, 0.25) is 0 Å². The number of nitrogens with zero attached hydrogens (tertiary/aromatic N) is 5. The Bertz CT molecular complexity index is 520. The minimum Gasteiger partial charge on any atom is -0.476 e. The third kappa shape index (κ3) is 4.24. The van der Waals surface area contributed by atoms with Crippen LogP contribution in [0.1, 0.15) is 23.8 Å². The molecule has 9 nitrogen and oxygen atoms in total. The van der Waals surface area contributed by atoms with Crippen LogP contribution in [0, 0.1) is 11.3 Å². The van der Waals surface area contributed by atoms with Crippen LogP contribution in [-0.2, 0) is 6.54 Å². The van der Waals surface area contributed by atoms with Gasteiger partial charge in [-0.1, -0.05) is 5.21 Å². The van der Waals surface area contributed by atoms with Crippen molar-refractivity contribution in [3.05, 3.63) is 11.9 Å². The maximum absolute atomic E-state index is 11.7. The molecule has 2 amide bonds. The predicted octanol–water partition coefficient (Wildman–Crippen LogP) is -0.0801. The van der Waals surface area contributed by atoms with Gasteiger partial charge in [-0.25, -0.2) is 14.3 Å². The molecule has 1 rings (SSSR count). The average molecular weight is 280 g/mol. The van der Waals surface area contributed by atoms with Gasteiger partial charge < -0.3 is 15.3 Å². The van der Waals surface area contributed by atoms with Gasteiger partial charge in [-0.3, -0.25) is 0 Å². The number of nitriles is 1. The molecule has 0 saturated heterocycles. The highest BCUT2D eigenvalue weighted by Crippen LogP contribution is 2.00. The van der Waals surface area contributed by atoms with Crippen LogP contribution in [0.2, 0.25) is 0 Å². The largest absolute Gasteiger partial charge is 0.476 e. The molecule has 20 heavy (non-hydrogen) atoms. The van der Waals surface area contributed by atoms with E-state index in [9.17, 15) is 9.59 Å². The first-order valence-corrected chi connectivity index (χ1v) is 5.96. The van der Waals surface area contributed by atoms with Crippen LogP contribution >= 0.6 is 0 Å². The number of hydrogen-bond donors (Lipinski definition) is 2. The smallest absolute Gasteiger partial charge is 0.358 e. The van der Waals surface area contributed by atoms with Gasteiger partial charge in [0.05, 0.1) is 25.2 Å². The van der Waals surface area contributed by atoms with Gasteiger partial charge >= 0.3 is 12.0 Å². The van der Waals surface area contributed by atoms with Crippen molar-refractivity contribution in [2.75, 3.05) is 13.6 Å². The van der Waals surface area contributed by atoms with E-state index in [1.165, 1.54) is 15.8 Å². The van der Waals surface area contributed by atoms with E-state index < -0.39 is 5.97 Å². The average Bonchev–Trinajstić information content (AvgIpc) is 2.87. The number of carboxylic acids is 1. The lowest BCUT2D eigenvalue weighted by molar-refractivity contribution is 0.0690. The summed E-state index contributed by atoms with van der Waals surface area (Å²) in [5.41, 5.74) is -0.143. The number of urea groups is 1. The minimum absolute atomic E-state index is 0.143. The molecule has 2 N–H and O–H groups in total. The van der Waals surface area contributed by atoms with Crippen LogP contribution in [0.4, 0.5) is 4.79 Å². The zero-order valence-corrected chi connectivity index (χ0v) is 11.3. The Morgan fingerprint density at radius 1 is 1.65 bits per heavy atom. The summed E-state index contributed by atoms with van der Waals surface area (Å²) in [6, 6.07) is 1.52. The molecule has 1 aromatic heterocycles. The van der Waals surface area contributed by atoms with Crippen LogP contribution in [-0.4, -0.2) is 56.6 Å². The fraction of sp³-hybridized carbons (Fsp3) is 0.545. The molecule has 1 heterocycles. The molecule has 0 spiro atoms. The fourth-order valence-corrected chi connectivity index (χ4v) is 1.38. The first-order valence-electron chi connectivity index (χ1n) is 5.96. The van der Waals surface area contributed by atoms with Gasteiger partial charge in [0.15, 0.2) is 5.69 Å². The Balaban J connectivity index is 2.38. The number of carbonyl (C=O) groups is 2. The third-order valence-corrected chi connectivity index (χ3v) is 2.74. The molecule has 0 fully saturated rings. The summed E-state index contributed by atoms with van der Waals surface area (Å²) in [5.74, 6) is -1.15. The number of hydrogen-bond acceptors (Lipinski definition) is 5. The van der Waals surface area contributed by atoms with Crippen molar-refractivity contribution in [3.8, 4) is 6.07 Å². The van der Waals surface area contributed by atoms with Crippen molar-refractivity contribution in [3.63, 3.8) is 0 Å². The Kier molecular flexibility index (Phi) is 5.46. The highest BCUT2D eigenvalue weighted by Gasteiger charge is 2.14. The number of aromatic carboxylic acids is 1. The van der Waals surface area contributed by atoms with Crippen LogP contribution in [0.5, 0.6) is 0 Å². The molecule has 0 bridgehead atoms. The monoisotopic (exact) mass is 280 g/mol. The second-order valence-corrected chi connectivity index (χ2v) is 4.23. The number of aromatic nitrogens is 3. The van der Waals surface area contributed by atoms with Gasteiger partial charge in [-0.05, 0) is 6.92 Å². The number of nitrogens with one attached hydrogen (secondary N) is 1. The van der Waals surface area contributed by atoms with E-state index >= 15 is 0 Å². The Morgan fingerprint density at radius 3 is 2.90 bits per heavy atom. The Labute approximate surface area is 115 Å². The number of rotatable bonds is 6. The highest BCUT2D eigenvalue weighted by molar-refractivity contribution is 5.84. The number of carboxylic acid groups (broad SMARTS) is 1. The van der Waals surface area contributed by atoms with Gasteiger partial charge in [-0.15, -0.1) is 5.10 Å². The van der Waals surface area contributed by atoms with Crippen molar-refractivity contribution in [1.82, 2.24) is 25.2 Å². The number of carbonyl (C=O) groups excluding carboxylic acids is 1. The maximum Gasteiger partial charge on any atom is 0.358 e. The van der Waals surface area contributed by atoms with Crippen molar-refractivity contribution in [1.29, 1.82) is 5.26 Å². The summed E-state index contributed by atoms with van der Waals surface area (Å²) in [4.78, 5) is 23.8. The summed E-state index contributed by atoms with van der Waals surface area (Å²) in [6.45, 7) is 2.37. The molecular weight excluding hydrogens is 264 g/mol. The van der Waals surface area contributed by atoms with E-state index in [1.807, 2.05) is 6.07 Å². The molecular formula is C11H16N6O3. The van der Waals surface area contributed by atoms with E-state index in [4.69, 9.17) is 10.4 Å². The summed E-state index contributed by atoms with van der Waals surface area (Å²) in [7, 11) is 1.61. The molecule has 1 atom stereocenters. The molecule has 0 aliphatic carbocycles. The molecule has 0 radical (unpaired) electrons. The predicted molar refractivity (Wildman–Crippen MR) is 67.8 cm³/mol. The van der Waals surface area contributed by atoms with Gasteiger partial charge in [0.25, 0.3) is 0 Å². The van der Waals surface area contributed by atoms with Gasteiger partial charge in [-0.2, -0.15) is 5.26 Å². The summed E-state index contributed by atoms with van der Waals surface area (Å²) in [5, 5.41) is 27.0. The fourth-order valence-electron chi connectivity index (χ4n) is 1.38. The second-order valence-electron chi connectivity index (χ2n) is 4.23. The molecule has 9 heteroatoms. The quantitative estimate of drug-likeness (QED) is 0.751. The zero-order valence-electron chi connectivity index (χ0n) is 11.3. The normalized spacial score (nSPS) is 11.4. The summed E-state index contributed by atoms with van der Waals surface area (Å²) >= 11 is 0. The van der Waals surface area contributed by atoms with E-state index in [1.54, 1.807) is 14.0 Å².